The molecule has 0 saturated heterocycles. The van der Waals surface area contributed by atoms with Crippen molar-refractivity contribution in [1.82, 2.24) is 5.32 Å². The first-order valence-electron chi connectivity index (χ1n) is 6.25. The van der Waals surface area contributed by atoms with Gasteiger partial charge in [-0.1, -0.05) is 0 Å². The number of benzene rings is 1. The molecule has 4 nitrogen and oxygen atoms in total. The Kier molecular flexibility index (Phi) is 5.90. The molecule has 0 fully saturated rings. The van der Waals surface area contributed by atoms with E-state index in [2.05, 4.69) is 33.2 Å². The van der Waals surface area contributed by atoms with Crippen LogP contribution in [0.1, 0.15) is 27.7 Å². The molecule has 1 aromatic carbocycles. The van der Waals surface area contributed by atoms with Gasteiger partial charge in [0.15, 0.2) is 0 Å². The Bertz CT molecular complexity index is 412. The summed E-state index contributed by atoms with van der Waals surface area (Å²) >= 11 is 2.27. The van der Waals surface area contributed by atoms with Crippen molar-refractivity contribution in [3.63, 3.8) is 0 Å². The van der Waals surface area contributed by atoms with Crippen molar-refractivity contribution in [2.45, 2.75) is 39.3 Å². The molecule has 1 atom stereocenters. The molecule has 5 heteroatoms. The molecular weight excluding hydrogens is 355 g/mol. The zero-order valence-corrected chi connectivity index (χ0v) is 13.9. The first-order chi connectivity index (χ1) is 8.76. The van der Waals surface area contributed by atoms with Gasteiger partial charge in [0.05, 0.1) is 0 Å². The lowest BCUT2D eigenvalue weighted by Gasteiger charge is -2.21. The second-order valence-electron chi connectivity index (χ2n) is 5.44. The number of alkyl carbamates (subject to hydrolysis) is 1. The van der Waals surface area contributed by atoms with E-state index in [1.165, 1.54) is 3.57 Å². The Morgan fingerprint density at radius 3 is 2.42 bits per heavy atom. The molecule has 1 aromatic rings. The zero-order valence-electron chi connectivity index (χ0n) is 11.8. The molecule has 0 saturated carbocycles. The van der Waals surface area contributed by atoms with E-state index in [1.54, 1.807) is 0 Å². The quantitative estimate of drug-likeness (QED) is 0.790. The second-order valence-corrected chi connectivity index (χ2v) is 6.68. The molecule has 1 unspecified atom stereocenters. The predicted octanol–water partition coefficient (Wildman–Crippen LogP) is 3.62. The second kappa shape index (κ2) is 6.98. The highest BCUT2D eigenvalue weighted by atomic mass is 127. The van der Waals surface area contributed by atoms with Crippen LogP contribution in [0.5, 0.6) is 0 Å². The third-order valence-corrected chi connectivity index (χ3v) is 2.93. The fraction of sp³-hybridized carbons (Fsp3) is 0.500. The fourth-order valence-electron chi connectivity index (χ4n) is 1.43. The number of hydrogen-bond acceptors (Lipinski definition) is 3. The van der Waals surface area contributed by atoms with Crippen LogP contribution in [-0.2, 0) is 4.74 Å². The Hall–Kier alpha value is -0.980. The van der Waals surface area contributed by atoms with E-state index in [9.17, 15) is 4.79 Å². The van der Waals surface area contributed by atoms with Crippen LogP contribution < -0.4 is 10.6 Å². The van der Waals surface area contributed by atoms with Crippen molar-refractivity contribution in [2.75, 3.05) is 11.9 Å². The number of amides is 1. The molecule has 0 heterocycles. The largest absolute Gasteiger partial charge is 0.444 e. The molecule has 1 amide bonds. The molecule has 0 radical (unpaired) electrons. The van der Waals surface area contributed by atoms with Crippen LogP contribution in [0.25, 0.3) is 0 Å². The number of nitrogens with one attached hydrogen (secondary N) is 2. The summed E-state index contributed by atoms with van der Waals surface area (Å²) in [6.07, 6.45) is -0.385. The average Bonchev–Trinajstić information content (AvgIpc) is 2.27. The molecule has 0 aliphatic rings. The van der Waals surface area contributed by atoms with Gasteiger partial charge in [0.2, 0.25) is 0 Å². The lowest BCUT2D eigenvalue weighted by Crippen LogP contribution is -2.38. The van der Waals surface area contributed by atoms with Gasteiger partial charge in [0, 0.05) is 21.8 Å². The highest BCUT2D eigenvalue weighted by Gasteiger charge is 2.16. The summed E-state index contributed by atoms with van der Waals surface area (Å²) in [6, 6.07) is 8.25. The number of anilines is 1. The standard InChI is InChI=1S/C14H21IN2O2/c1-10(9-16-13(18)19-14(2,3)4)17-12-7-5-11(15)6-8-12/h5-8,10,17H,9H2,1-4H3,(H,16,18). The van der Waals surface area contributed by atoms with E-state index in [-0.39, 0.29) is 12.1 Å². The van der Waals surface area contributed by atoms with Crippen LogP contribution >= 0.6 is 22.6 Å². The Morgan fingerprint density at radius 2 is 1.89 bits per heavy atom. The number of carbonyl (C=O) groups excluding carboxylic acids is 1. The maximum absolute atomic E-state index is 11.5. The predicted molar refractivity (Wildman–Crippen MR) is 86.5 cm³/mol. The number of carbonyl (C=O) groups is 1. The maximum Gasteiger partial charge on any atom is 0.407 e. The van der Waals surface area contributed by atoms with Crippen molar-refractivity contribution in [2.24, 2.45) is 0 Å². The molecule has 2 N–H and O–H groups in total. The van der Waals surface area contributed by atoms with Crippen LogP contribution in [0, 0.1) is 3.57 Å². The summed E-state index contributed by atoms with van der Waals surface area (Å²) < 4.78 is 6.37. The zero-order chi connectivity index (χ0) is 14.5. The van der Waals surface area contributed by atoms with E-state index in [1.807, 2.05) is 52.0 Å². The number of ether oxygens (including phenoxy) is 1. The van der Waals surface area contributed by atoms with E-state index in [0.717, 1.165) is 5.69 Å². The molecule has 0 bridgehead atoms. The molecule has 0 aliphatic heterocycles. The first-order valence-corrected chi connectivity index (χ1v) is 7.33. The molecule has 19 heavy (non-hydrogen) atoms. The summed E-state index contributed by atoms with van der Waals surface area (Å²) in [6.45, 7) is 8.07. The minimum absolute atomic E-state index is 0.132. The van der Waals surface area contributed by atoms with Crippen LogP contribution in [0.4, 0.5) is 10.5 Å². The van der Waals surface area contributed by atoms with Crippen molar-refractivity contribution in [3.8, 4) is 0 Å². The molecule has 0 aliphatic carbocycles. The van der Waals surface area contributed by atoms with Gasteiger partial charge in [-0.2, -0.15) is 0 Å². The Labute approximate surface area is 128 Å². The molecule has 0 spiro atoms. The summed E-state index contributed by atoms with van der Waals surface area (Å²) in [5, 5.41) is 6.06. The van der Waals surface area contributed by atoms with Crippen molar-refractivity contribution in [3.05, 3.63) is 27.8 Å². The minimum atomic E-state index is -0.461. The summed E-state index contributed by atoms with van der Waals surface area (Å²) in [4.78, 5) is 11.5. The van der Waals surface area contributed by atoms with E-state index >= 15 is 0 Å². The van der Waals surface area contributed by atoms with Gasteiger partial charge in [-0.15, -0.1) is 0 Å². The average molecular weight is 376 g/mol. The number of rotatable bonds is 4. The molecule has 106 valence electrons. The molecular formula is C14H21IN2O2. The van der Waals surface area contributed by atoms with E-state index in [0.29, 0.717) is 6.54 Å². The van der Waals surface area contributed by atoms with Gasteiger partial charge in [0.25, 0.3) is 0 Å². The molecule has 0 aromatic heterocycles. The SMILES string of the molecule is CC(CNC(=O)OC(C)(C)C)Nc1ccc(I)cc1. The maximum atomic E-state index is 11.5. The fourth-order valence-corrected chi connectivity index (χ4v) is 1.79. The van der Waals surface area contributed by atoms with Crippen molar-refractivity contribution in [1.29, 1.82) is 0 Å². The first kappa shape index (κ1) is 16.1. The topological polar surface area (TPSA) is 50.4 Å². The normalized spacial score (nSPS) is 12.7. The summed E-state index contributed by atoms with van der Waals surface area (Å²) in [7, 11) is 0. The highest BCUT2D eigenvalue weighted by molar-refractivity contribution is 14.1. The number of hydrogen-bond donors (Lipinski definition) is 2. The van der Waals surface area contributed by atoms with Crippen molar-refractivity contribution >= 4 is 34.4 Å². The van der Waals surface area contributed by atoms with Gasteiger partial charge >= 0.3 is 6.09 Å². The third kappa shape index (κ3) is 7.25. The van der Waals surface area contributed by atoms with Gasteiger partial charge < -0.3 is 15.4 Å². The van der Waals surface area contributed by atoms with E-state index in [4.69, 9.17) is 4.74 Å². The van der Waals surface area contributed by atoms with Gasteiger partial charge in [-0.05, 0) is 74.6 Å². The summed E-state index contributed by atoms with van der Waals surface area (Å²) in [5.41, 5.74) is 0.579. The van der Waals surface area contributed by atoms with E-state index < -0.39 is 5.60 Å². The Morgan fingerprint density at radius 1 is 1.32 bits per heavy atom. The van der Waals surface area contributed by atoms with Gasteiger partial charge in [-0.25, -0.2) is 4.79 Å². The van der Waals surface area contributed by atoms with Crippen LogP contribution in [0.15, 0.2) is 24.3 Å². The van der Waals surface area contributed by atoms with Crippen LogP contribution in [-0.4, -0.2) is 24.3 Å². The van der Waals surface area contributed by atoms with Crippen LogP contribution in [0.3, 0.4) is 0 Å². The van der Waals surface area contributed by atoms with Crippen LogP contribution in [0.2, 0.25) is 0 Å². The third-order valence-electron chi connectivity index (χ3n) is 2.21. The Balaban J connectivity index is 2.33. The molecule has 1 rings (SSSR count). The highest BCUT2D eigenvalue weighted by Crippen LogP contribution is 2.12. The lowest BCUT2D eigenvalue weighted by molar-refractivity contribution is 0.0526. The minimum Gasteiger partial charge on any atom is -0.444 e. The van der Waals surface area contributed by atoms with Crippen molar-refractivity contribution < 1.29 is 9.53 Å². The number of halogens is 1. The lowest BCUT2D eigenvalue weighted by atomic mass is 10.2. The monoisotopic (exact) mass is 376 g/mol. The van der Waals surface area contributed by atoms with Gasteiger partial charge in [-0.3, -0.25) is 0 Å². The van der Waals surface area contributed by atoms with Gasteiger partial charge in [0.1, 0.15) is 5.60 Å². The smallest absolute Gasteiger partial charge is 0.407 e. The summed E-state index contributed by atoms with van der Waals surface area (Å²) in [5.74, 6) is 0.